The van der Waals surface area contributed by atoms with E-state index in [1.165, 1.54) is 0 Å². The summed E-state index contributed by atoms with van der Waals surface area (Å²) in [6.45, 7) is -0.250. The van der Waals surface area contributed by atoms with Crippen LogP contribution in [-0.4, -0.2) is 21.9 Å². The average Bonchev–Trinajstić information content (AvgIpc) is 2.43. The van der Waals surface area contributed by atoms with Gasteiger partial charge in [-0.05, 0) is 0 Å². The highest BCUT2D eigenvalue weighted by atomic mass is 16.5. The molecule has 1 aromatic rings. The third kappa shape index (κ3) is 1.25. The minimum atomic E-state index is -0.250. The largest absolute Gasteiger partial charge is 0.483 e. The molecule has 0 bridgehead atoms. The van der Waals surface area contributed by atoms with E-state index in [2.05, 4.69) is 14.9 Å². The monoisotopic (exact) mass is 128 g/mol. The van der Waals surface area contributed by atoms with Crippen LogP contribution in [0.25, 0.3) is 0 Å². The quantitative estimate of drug-likeness (QED) is 0.492. The Morgan fingerprint density at radius 1 is 1.78 bits per heavy atom. The van der Waals surface area contributed by atoms with E-state index in [1.54, 1.807) is 0 Å². The van der Waals surface area contributed by atoms with Crippen molar-refractivity contribution in [2.75, 3.05) is 0 Å². The molecule has 0 aliphatic heterocycles. The van der Waals surface area contributed by atoms with E-state index < -0.39 is 0 Å². The van der Waals surface area contributed by atoms with Crippen molar-refractivity contribution in [3.8, 4) is 0 Å². The third-order valence-corrected chi connectivity index (χ3v) is 0.837. The van der Waals surface area contributed by atoms with Crippen LogP contribution in [0.15, 0.2) is 4.52 Å². The fourth-order valence-corrected chi connectivity index (χ4v) is 0.403. The SMILES string of the molecule is C1c2nnoc21.O=CO. The summed E-state index contributed by atoms with van der Waals surface area (Å²) in [7, 11) is 0. The van der Waals surface area contributed by atoms with E-state index in [-0.39, 0.29) is 6.47 Å². The number of aromatic nitrogens is 2. The van der Waals surface area contributed by atoms with E-state index in [0.29, 0.717) is 0 Å². The van der Waals surface area contributed by atoms with Gasteiger partial charge < -0.3 is 9.63 Å². The van der Waals surface area contributed by atoms with Gasteiger partial charge in [0.15, 0.2) is 5.76 Å². The molecule has 0 saturated carbocycles. The van der Waals surface area contributed by atoms with Crippen LogP contribution in [0.5, 0.6) is 0 Å². The molecule has 5 nitrogen and oxygen atoms in total. The molecule has 48 valence electrons. The molecular formula is C4H4N2O3. The molecule has 0 radical (unpaired) electrons. The van der Waals surface area contributed by atoms with E-state index in [4.69, 9.17) is 9.90 Å². The normalized spacial score (nSPS) is 10.7. The topological polar surface area (TPSA) is 76.2 Å². The summed E-state index contributed by atoms with van der Waals surface area (Å²) in [5.74, 6) is 0.954. The average molecular weight is 128 g/mol. The molecule has 0 unspecified atom stereocenters. The van der Waals surface area contributed by atoms with Gasteiger partial charge in [0.2, 0.25) is 0 Å². The Bertz CT molecular complexity index is 191. The lowest BCUT2D eigenvalue weighted by Gasteiger charge is -1.58. The second kappa shape index (κ2) is 2.25. The number of nitrogens with zero attached hydrogens (tertiary/aromatic N) is 2. The van der Waals surface area contributed by atoms with Gasteiger partial charge in [-0.2, -0.15) is 0 Å². The predicted octanol–water partition coefficient (Wildman–Crippen LogP) is -0.325. The zero-order chi connectivity index (χ0) is 6.69. The summed E-state index contributed by atoms with van der Waals surface area (Å²) in [6, 6.07) is 0. The molecule has 5 heteroatoms. The fraction of sp³-hybridized carbons (Fsp3) is 0.250. The summed E-state index contributed by atoms with van der Waals surface area (Å²) >= 11 is 0. The van der Waals surface area contributed by atoms with Crippen LogP contribution in [0.3, 0.4) is 0 Å². The Morgan fingerprint density at radius 2 is 2.44 bits per heavy atom. The molecule has 1 N–H and O–H groups in total. The maximum atomic E-state index is 8.36. The maximum Gasteiger partial charge on any atom is 0.290 e. The molecule has 0 aromatic carbocycles. The molecule has 1 aromatic heterocycles. The van der Waals surface area contributed by atoms with Crippen LogP contribution in [0.1, 0.15) is 11.5 Å². The minimum Gasteiger partial charge on any atom is -0.483 e. The Balaban J connectivity index is 0.000000120. The first kappa shape index (κ1) is 5.74. The highest BCUT2D eigenvalue weighted by Crippen LogP contribution is 2.22. The lowest BCUT2D eigenvalue weighted by Crippen LogP contribution is -1.65. The number of carbonyl (C=O) groups is 1. The minimum absolute atomic E-state index is 0.250. The molecule has 0 fully saturated rings. The van der Waals surface area contributed by atoms with Crippen molar-refractivity contribution < 1.29 is 14.4 Å². The van der Waals surface area contributed by atoms with E-state index >= 15 is 0 Å². The Morgan fingerprint density at radius 3 is 2.56 bits per heavy atom. The van der Waals surface area contributed by atoms with Gasteiger partial charge in [0.1, 0.15) is 5.69 Å². The second-order valence-corrected chi connectivity index (χ2v) is 1.42. The van der Waals surface area contributed by atoms with E-state index in [1.807, 2.05) is 0 Å². The molecular weight excluding hydrogens is 124 g/mol. The smallest absolute Gasteiger partial charge is 0.290 e. The molecule has 0 saturated heterocycles. The molecule has 1 aliphatic carbocycles. The Hall–Kier alpha value is -1.39. The fourth-order valence-electron chi connectivity index (χ4n) is 0.403. The van der Waals surface area contributed by atoms with Crippen LogP contribution in [0.2, 0.25) is 0 Å². The molecule has 0 atom stereocenters. The first-order valence-electron chi connectivity index (χ1n) is 2.26. The van der Waals surface area contributed by atoms with Gasteiger partial charge in [0, 0.05) is 5.27 Å². The van der Waals surface area contributed by atoms with Gasteiger partial charge >= 0.3 is 0 Å². The highest BCUT2D eigenvalue weighted by Gasteiger charge is 2.24. The second-order valence-electron chi connectivity index (χ2n) is 1.42. The predicted molar refractivity (Wildman–Crippen MR) is 25.8 cm³/mol. The van der Waals surface area contributed by atoms with E-state index in [9.17, 15) is 0 Å². The summed E-state index contributed by atoms with van der Waals surface area (Å²) in [5, 5.41) is 13.7. The lowest BCUT2D eigenvalue weighted by molar-refractivity contribution is -0.122. The Labute approximate surface area is 50.3 Å². The number of rotatable bonds is 0. The highest BCUT2D eigenvalue weighted by molar-refractivity contribution is 5.32. The summed E-state index contributed by atoms with van der Waals surface area (Å²) in [6.07, 6.45) is 0.934. The first-order valence-corrected chi connectivity index (χ1v) is 2.26. The van der Waals surface area contributed by atoms with E-state index in [0.717, 1.165) is 17.9 Å². The van der Waals surface area contributed by atoms with Crippen molar-refractivity contribution in [2.45, 2.75) is 6.42 Å². The number of carboxylic acid groups (broad SMARTS) is 1. The number of hydrogen-bond acceptors (Lipinski definition) is 4. The summed E-state index contributed by atoms with van der Waals surface area (Å²) in [5.41, 5.74) is 1.02. The van der Waals surface area contributed by atoms with Gasteiger partial charge in [-0.1, -0.05) is 0 Å². The number of fused-ring (bicyclic) bond motifs is 1. The standard InChI is InChI=1S/C3H2N2O.CH2O2/c1-2-3(1)6-5-4-2;2-1-3/h1H2;1H,(H,2,3). The molecule has 0 spiro atoms. The Kier molecular flexibility index (Phi) is 1.44. The van der Waals surface area contributed by atoms with Crippen LogP contribution in [-0.2, 0) is 11.2 Å². The summed E-state index contributed by atoms with van der Waals surface area (Å²) in [4.78, 5) is 8.36. The first-order chi connectivity index (χ1) is 4.38. The van der Waals surface area contributed by atoms with Gasteiger partial charge in [-0.3, -0.25) is 4.79 Å². The van der Waals surface area contributed by atoms with Crippen molar-refractivity contribution in [3.05, 3.63) is 11.5 Å². The summed E-state index contributed by atoms with van der Waals surface area (Å²) < 4.78 is 4.56. The van der Waals surface area contributed by atoms with Crippen molar-refractivity contribution in [2.24, 2.45) is 0 Å². The molecule has 9 heavy (non-hydrogen) atoms. The molecule has 2 rings (SSSR count). The molecule has 1 heterocycles. The van der Waals surface area contributed by atoms with Crippen molar-refractivity contribution in [1.29, 1.82) is 0 Å². The number of hydrogen-bond donors (Lipinski definition) is 1. The van der Waals surface area contributed by atoms with Gasteiger partial charge in [0.25, 0.3) is 6.47 Å². The van der Waals surface area contributed by atoms with Gasteiger partial charge in [-0.15, -0.1) is 5.10 Å². The lowest BCUT2D eigenvalue weighted by atomic mass is 10.9. The molecule has 0 amide bonds. The van der Waals surface area contributed by atoms with Crippen LogP contribution >= 0.6 is 0 Å². The van der Waals surface area contributed by atoms with Crippen molar-refractivity contribution in [1.82, 2.24) is 10.4 Å². The van der Waals surface area contributed by atoms with Crippen LogP contribution in [0.4, 0.5) is 0 Å². The molecule has 1 aliphatic rings. The van der Waals surface area contributed by atoms with Gasteiger partial charge in [-0.25, -0.2) is 0 Å². The zero-order valence-electron chi connectivity index (χ0n) is 4.44. The maximum absolute atomic E-state index is 8.36. The van der Waals surface area contributed by atoms with Crippen molar-refractivity contribution in [3.63, 3.8) is 0 Å². The van der Waals surface area contributed by atoms with Crippen molar-refractivity contribution >= 4 is 6.47 Å². The van der Waals surface area contributed by atoms with Crippen LogP contribution in [0, 0.1) is 0 Å². The third-order valence-electron chi connectivity index (χ3n) is 0.837. The van der Waals surface area contributed by atoms with Gasteiger partial charge in [0.05, 0.1) is 6.42 Å². The zero-order valence-corrected chi connectivity index (χ0v) is 4.44. The van der Waals surface area contributed by atoms with Crippen LogP contribution < -0.4 is 0 Å².